The second kappa shape index (κ2) is 8.64. The van der Waals surface area contributed by atoms with Gasteiger partial charge in [-0.15, -0.1) is 0 Å². The number of nitrogens with zero attached hydrogens (tertiary/aromatic N) is 3. The Kier molecular flexibility index (Phi) is 4.82. The van der Waals surface area contributed by atoms with Gasteiger partial charge >= 0.3 is 0 Å². The first-order valence-electron chi connectivity index (χ1n) is 13.2. The summed E-state index contributed by atoms with van der Waals surface area (Å²) in [6.07, 6.45) is 0. The van der Waals surface area contributed by atoms with E-state index >= 15 is 0 Å². The van der Waals surface area contributed by atoms with Gasteiger partial charge in [0.25, 0.3) is 0 Å². The highest BCUT2D eigenvalue weighted by Gasteiger charge is 2.13. The molecule has 0 unspecified atom stereocenters. The highest BCUT2D eigenvalue weighted by Crippen LogP contribution is 2.33. The van der Waals surface area contributed by atoms with E-state index in [1.165, 1.54) is 21.5 Å². The Labute approximate surface area is 225 Å². The number of benzene rings is 5. The average molecular weight is 498 g/mol. The maximum Gasteiger partial charge on any atom is 0.112 e. The van der Waals surface area contributed by atoms with E-state index in [1.54, 1.807) is 0 Å². The first kappa shape index (κ1) is 21.8. The molecule has 5 aromatic carbocycles. The van der Waals surface area contributed by atoms with Gasteiger partial charge in [0.15, 0.2) is 0 Å². The molecule has 3 heterocycles. The van der Waals surface area contributed by atoms with Gasteiger partial charge in [-0.3, -0.25) is 0 Å². The van der Waals surface area contributed by atoms with E-state index in [0.29, 0.717) is 0 Å². The molecule has 0 atom stereocenters. The quantitative estimate of drug-likeness (QED) is 0.244. The second-order valence-electron chi connectivity index (χ2n) is 10.0. The zero-order chi connectivity index (χ0) is 25.8. The lowest BCUT2D eigenvalue weighted by Crippen LogP contribution is -1.93. The molecule has 8 aromatic rings. The van der Waals surface area contributed by atoms with Crippen LogP contribution < -0.4 is 0 Å². The molecule has 0 saturated carbocycles. The first-order valence-corrected chi connectivity index (χ1v) is 13.2. The molecule has 8 rings (SSSR count). The van der Waals surface area contributed by atoms with Crippen LogP contribution in [0.1, 0.15) is 0 Å². The van der Waals surface area contributed by atoms with E-state index in [2.05, 4.69) is 140 Å². The molecule has 182 valence electrons. The van der Waals surface area contributed by atoms with Gasteiger partial charge in [-0.05, 0) is 75.1 Å². The van der Waals surface area contributed by atoms with Crippen molar-refractivity contribution >= 4 is 38.0 Å². The number of rotatable bonds is 3. The van der Waals surface area contributed by atoms with Gasteiger partial charge in [-0.2, -0.15) is 5.10 Å². The summed E-state index contributed by atoms with van der Waals surface area (Å²) < 4.78 is 2.02. The van der Waals surface area contributed by atoms with E-state index < -0.39 is 0 Å². The lowest BCUT2D eigenvalue weighted by atomic mass is 9.98. The number of pyridine rings is 2. The average Bonchev–Trinajstić information content (AvgIpc) is 3.46. The standard InChI is InChI=1S/C36H23N3/c1-3-10-27-19-29(15-13-24(27)7-1)31-21-33(30-16-14-25-8-2-4-11-28(25)20-30)37-34(22-31)35-23-32-18-17-26-9-5-6-12-36(26)39(32)38-35/h1-23H. The summed E-state index contributed by atoms with van der Waals surface area (Å²) in [6, 6.07) is 49.2. The van der Waals surface area contributed by atoms with Gasteiger partial charge in [-0.1, -0.05) is 97.1 Å². The molecule has 0 bridgehead atoms. The molecule has 0 spiro atoms. The number of hydrogen-bond acceptors (Lipinski definition) is 2. The van der Waals surface area contributed by atoms with E-state index in [4.69, 9.17) is 10.1 Å². The SMILES string of the molecule is c1ccc2cc(-c3cc(-c4ccc5ccccc5c4)nc(-c4cc5ccc6ccccc6n5n4)c3)ccc2c1. The van der Waals surface area contributed by atoms with Gasteiger partial charge in [0, 0.05) is 10.9 Å². The van der Waals surface area contributed by atoms with Crippen LogP contribution in [0.4, 0.5) is 0 Å². The van der Waals surface area contributed by atoms with Crippen LogP contribution in [0.5, 0.6) is 0 Å². The first-order chi connectivity index (χ1) is 19.3. The van der Waals surface area contributed by atoms with Crippen molar-refractivity contribution in [2.45, 2.75) is 0 Å². The van der Waals surface area contributed by atoms with Crippen LogP contribution in [0, 0.1) is 0 Å². The molecular weight excluding hydrogens is 474 g/mol. The molecule has 0 radical (unpaired) electrons. The summed E-state index contributed by atoms with van der Waals surface area (Å²) in [5.74, 6) is 0. The van der Waals surface area contributed by atoms with Crippen molar-refractivity contribution in [3.8, 4) is 33.8 Å². The third-order valence-electron chi connectivity index (χ3n) is 7.55. The van der Waals surface area contributed by atoms with Crippen LogP contribution in [-0.4, -0.2) is 14.6 Å². The lowest BCUT2D eigenvalue weighted by molar-refractivity contribution is 1.00. The van der Waals surface area contributed by atoms with E-state index in [1.807, 2.05) is 4.52 Å². The Morgan fingerprint density at radius 1 is 0.385 bits per heavy atom. The summed E-state index contributed by atoms with van der Waals surface area (Å²) in [5, 5.41) is 11.1. The molecular formula is C36H23N3. The Bertz CT molecular complexity index is 2090. The van der Waals surface area contributed by atoms with Crippen molar-refractivity contribution in [2.24, 2.45) is 0 Å². The van der Waals surface area contributed by atoms with Crippen molar-refractivity contribution < 1.29 is 0 Å². The molecule has 0 saturated heterocycles. The number of para-hydroxylation sites is 1. The Morgan fingerprint density at radius 3 is 1.74 bits per heavy atom. The fourth-order valence-electron chi connectivity index (χ4n) is 5.52. The molecule has 3 nitrogen and oxygen atoms in total. The molecule has 3 aromatic heterocycles. The zero-order valence-corrected chi connectivity index (χ0v) is 21.1. The summed E-state index contributed by atoms with van der Waals surface area (Å²) in [4.78, 5) is 5.17. The number of hydrogen-bond donors (Lipinski definition) is 0. The molecule has 0 aliphatic carbocycles. The Hall–Kier alpha value is -5.28. The van der Waals surface area contributed by atoms with Crippen molar-refractivity contribution in [3.05, 3.63) is 140 Å². The van der Waals surface area contributed by atoms with Gasteiger partial charge in [0.05, 0.1) is 22.4 Å². The third-order valence-corrected chi connectivity index (χ3v) is 7.55. The monoisotopic (exact) mass is 497 g/mol. The minimum Gasteiger partial charge on any atom is -0.246 e. The highest BCUT2D eigenvalue weighted by atomic mass is 15.2. The molecule has 3 heteroatoms. The minimum absolute atomic E-state index is 0.857. The van der Waals surface area contributed by atoms with Gasteiger partial charge in [0.1, 0.15) is 5.69 Å². The van der Waals surface area contributed by atoms with Crippen LogP contribution in [0.15, 0.2) is 140 Å². The van der Waals surface area contributed by atoms with E-state index in [0.717, 1.165) is 50.2 Å². The minimum atomic E-state index is 0.857. The Morgan fingerprint density at radius 2 is 0.974 bits per heavy atom. The molecule has 0 N–H and O–H groups in total. The maximum absolute atomic E-state index is 5.17. The van der Waals surface area contributed by atoms with Gasteiger partial charge in [-0.25, -0.2) is 9.50 Å². The largest absolute Gasteiger partial charge is 0.246 e. The molecule has 39 heavy (non-hydrogen) atoms. The summed E-state index contributed by atoms with van der Waals surface area (Å²) in [6.45, 7) is 0. The second-order valence-corrected chi connectivity index (χ2v) is 10.0. The van der Waals surface area contributed by atoms with Crippen molar-refractivity contribution in [2.75, 3.05) is 0 Å². The number of fused-ring (bicyclic) bond motifs is 5. The molecule has 0 fully saturated rings. The smallest absolute Gasteiger partial charge is 0.112 e. The van der Waals surface area contributed by atoms with E-state index in [-0.39, 0.29) is 0 Å². The van der Waals surface area contributed by atoms with Crippen LogP contribution in [0.25, 0.3) is 71.7 Å². The molecule has 0 aliphatic rings. The topological polar surface area (TPSA) is 30.2 Å². The van der Waals surface area contributed by atoms with Gasteiger partial charge < -0.3 is 0 Å². The number of aromatic nitrogens is 3. The van der Waals surface area contributed by atoms with Crippen LogP contribution in [-0.2, 0) is 0 Å². The fraction of sp³-hybridized carbons (Fsp3) is 0. The highest BCUT2D eigenvalue weighted by molar-refractivity contribution is 5.90. The van der Waals surface area contributed by atoms with Crippen molar-refractivity contribution in [1.29, 1.82) is 0 Å². The molecule has 0 aliphatic heterocycles. The van der Waals surface area contributed by atoms with Crippen LogP contribution >= 0.6 is 0 Å². The summed E-state index contributed by atoms with van der Waals surface area (Å²) >= 11 is 0. The zero-order valence-electron chi connectivity index (χ0n) is 21.1. The van der Waals surface area contributed by atoms with E-state index in [9.17, 15) is 0 Å². The van der Waals surface area contributed by atoms with Crippen LogP contribution in [0.2, 0.25) is 0 Å². The Balaban J connectivity index is 1.36. The van der Waals surface area contributed by atoms with Crippen molar-refractivity contribution in [1.82, 2.24) is 14.6 Å². The third kappa shape index (κ3) is 3.75. The van der Waals surface area contributed by atoms with Crippen LogP contribution in [0.3, 0.4) is 0 Å². The fourth-order valence-corrected chi connectivity index (χ4v) is 5.52. The summed E-state index contributed by atoms with van der Waals surface area (Å²) in [5.41, 5.74) is 8.16. The summed E-state index contributed by atoms with van der Waals surface area (Å²) in [7, 11) is 0. The van der Waals surface area contributed by atoms with Crippen molar-refractivity contribution in [3.63, 3.8) is 0 Å². The normalized spacial score (nSPS) is 11.6. The molecule has 0 amide bonds. The maximum atomic E-state index is 5.17. The lowest BCUT2D eigenvalue weighted by Gasteiger charge is -2.10. The predicted molar refractivity (Wildman–Crippen MR) is 162 cm³/mol. The van der Waals surface area contributed by atoms with Gasteiger partial charge in [0.2, 0.25) is 0 Å². The predicted octanol–water partition coefficient (Wildman–Crippen LogP) is 9.19.